The number of hydrogen-bond donors (Lipinski definition) is 2. The molecule has 0 unspecified atom stereocenters. The quantitative estimate of drug-likeness (QED) is 0.659. The number of esters is 1. The van der Waals surface area contributed by atoms with E-state index in [2.05, 4.69) is 20.7 Å². The van der Waals surface area contributed by atoms with Gasteiger partial charge in [0.1, 0.15) is 5.75 Å². The zero-order chi connectivity index (χ0) is 13.9. The molecule has 0 bridgehead atoms. The number of rotatable bonds is 3. The normalized spacial score (nSPS) is 11.8. The summed E-state index contributed by atoms with van der Waals surface area (Å²) in [6.07, 6.45) is 0. The van der Waals surface area contributed by atoms with E-state index in [0.717, 1.165) is 0 Å². The number of carbonyl (C=O) groups is 1. The predicted octanol–water partition coefficient (Wildman–Crippen LogP) is 2.11. The standard InChI is InChI=1S/C12H15BrN2O3/c1-6(14)10(13)8-4-7(12(16)18-3)5-9(17-2)11(8)15/h4-5H,14-15H2,1-3H3/b10-6+. The third-order valence-corrected chi connectivity index (χ3v) is 3.42. The Labute approximate surface area is 114 Å². The van der Waals surface area contributed by atoms with Gasteiger partial charge in [0.15, 0.2) is 0 Å². The second-order valence-electron chi connectivity index (χ2n) is 3.63. The molecule has 1 aromatic carbocycles. The van der Waals surface area contributed by atoms with Crippen molar-refractivity contribution in [3.05, 3.63) is 29.0 Å². The van der Waals surface area contributed by atoms with Gasteiger partial charge in [-0.05, 0) is 35.0 Å². The molecule has 4 N–H and O–H groups in total. The number of hydrogen-bond acceptors (Lipinski definition) is 5. The molecule has 98 valence electrons. The van der Waals surface area contributed by atoms with Crippen molar-refractivity contribution in [1.82, 2.24) is 0 Å². The summed E-state index contributed by atoms with van der Waals surface area (Å²) >= 11 is 3.34. The summed E-state index contributed by atoms with van der Waals surface area (Å²) in [5, 5.41) is 0. The van der Waals surface area contributed by atoms with Gasteiger partial charge in [0.25, 0.3) is 0 Å². The van der Waals surface area contributed by atoms with Crippen LogP contribution in [0, 0.1) is 0 Å². The topological polar surface area (TPSA) is 87.6 Å². The van der Waals surface area contributed by atoms with E-state index in [4.69, 9.17) is 16.2 Å². The lowest BCUT2D eigenvalue weighted by Crippen LogP contribution is -2.06. The largest absolute Gasteiger partial charge is 0.495 e. The van der Waals surface area contributed by atoms with Crippen LogP contribution in [0.1, 0.15) is 22.8 Å². The van der Waals surface area contributed by atoms with Crippen LogP contribution in [0.25, 0.3) is 4.48 Å². The van der Waals surface area contributed by atoms with Gasteiger partial charge >= 0.3 is 5.97 Å². The number of methoxy groups -OCH3 is 2. The molecular formula is C12H15BrN2O3. The van der Waals surface area contributed by atoms with Gasteiger partial charge in [-0.3, -0.25) is 0 Å². The van der Waals surface area contributed by atoms with E-state index in [1.165, 1.54) is 20.3 Å². The maximum atomic E-state index is 11.6. The van der Waals surface area contributed by atoms with Crippen molar-refractivity contribution in [1.29, 1.82) is 0 Å². The summed E-state index contributed by atoms with van der Waals surface area (Å²) in [4.78, 5) is 11.6. The summed E-state index contributed by atoms with van der Waals surface area (Å²) in [7, 11) is 2.79. The van der Waals surface area contributed by atoms with Crippen LogP contribution in [0.15, 0.2) is 17.8 Å². The first-order valence-corrected chi connectivity index (χ1v) is 5.89. The number of anilines is 1. The molecular weight excluding hydrogens is 300 g/mol. The second-order valence-corrected chi connectivity index (χ2v) is 4.42. The van der Waals surface area contributed by atoms with Crippen molar-refractivity contribution >= 4 is 32.1 Å². The molecule has 0 aliphatic rings. The minimum Gasteiger partial charge on any atom is -0.495 e. The molecule has 0 saturated heterocycles. The molecule has 0 radical (unpaired) electrons. The van der Waals surface area contributed by atoms with Gasteiger partial charge in [0.05, 0.1) is 25.5 Å². The zero-order valence-electron chi connectivity index (χ0n) is 10.4. The number of ether oxygens (including phenoxy) is 2. The zero-order valence-corrected chi connectivity index (χ0v) is 12.0. The number of carbonyl (C=O) groups excluding carboxylic acids is 1. The van der Waals surface area contributed by atoms with Crippen LogP contribution in [-0.2, 0) is 4.74 Å². The third kappa shape index (κ3) is 2.76. The molecule has 0 aliphatic heterocycles. The van der Waals surface area contributed by atoms with E-state index in [-0.39, 0.29) is 0 Å². The molecule has 0 amide bonds. The minimum atomic E-state index is -0.468. The number of halogens is 1. The van der Waals surface area contributed by atoms with E-state index >= 15 is 0 Å². The predicted molar refractivity (Wildman–Crippen MR) is 74.5 cm³/mol. The first-order chi connectivity index (χ1) is 8.42. The maximum absolute atomic E-state index is 11.6. The van der Waals surface area contributed by atoms with E-state index < -0.39 is 5.97 Å². The van der Waals surface area contributed by atoms with Crippen LogP contribution in [0.2, 0.25) is 0 Å². The fraction of sp³-hybridized carbons (Fsp3) is 0.250. The van der Waals surface area contributed by atoms with Crippen LogP contribution in [0.3, 0.4) is 0 Å². The van der Waals surface area contributed by atoms with Gasteiger partial charge in [0.2, 0.25) is 0 Å². The third-order valence-electron chi connectivity index (χ3n) is 2.37. The molecule has 0 fully saturated rings. The molecule has 0 heterocycles. The molecule has 1 aromatic rings. The van der Waals surface area contributed by atoms with Gasteiger partial charge in [-0.25, -0.2) is 4.79 Å². The Morgan fingerprint density at radius 3 is 2.39 bits per heavy atom. The highest BCUT2D eigenvalue weighted by atomic mass is 79.9. The molecule has 0 atom stereocenters. The summed E-state index contributed by atoms with van der Waals surface area (Å²) in [5.74, 6) is -0.0735. The van der Waals surface area contributed by atoms with E-state index in [9.17, 15) is 4.79 Å². The lowest BCUT2D eigenvalue weighted by Gasteiger charge is -2.13. The van der Waals surface area contributed by atoms with Crippen molar-refractivity contribution in [3.63, 3.8) is 0 Å². The summed E-state index contributed by atoms with van der Waals surface area (Å²) in [6, 6.07) is 3.13. The Hall–Kier alpha value is -1.69. The van der Waals surface area contributed by atoms with Gasteiger partial charge in [-0.15, -0.1) is 0 Å². The SMILES string of the molecule is COC(=O)c1cc(OC)c(N)c(/C(Br)=C(/C)N)c1. The lowest BCUT2D eigenvalue weighted by molar-refractivity contribution is 0.0600. The fourth-order valence-corrected chi connectivity index (χ4v) is 1.75. The van der Waals surface area contributed by atoms with E-state index in [1.807, 2.05) is 0 Å². The first-order valence-electron chi connectivity index (χ1n) is 5.10. The van der Waals surface area contributed by atoms with Crippen molar-refractivity contribution in [2.75, 3.05) is 20.0 Å². The number of benzene rings is 1. The fourth-order valence-electron chi connectivity index (χ4n) is 1.43. The Balaban J connectivity index is 3.51. The summed E-state index contributed by atoms with van der Waals surface area (Å²) < 4.78 is 10.4. The Kier molecular flexibility index (Phi) is 4.61. The summed E-state index contributed by atoms with van der Waals surface area (Å²) in [6.45, 7) is 1.72. The highest BCUT2D eigenvalue weighted by Gasteiger charge is 2.16. The van der Waals surface area contributed by atoms with Crippen molar-refractivity contribution in [3.8, 4) is 5.75 Å². The average molecular weight is 315 g/mol. The van der Waals surface area contributed by atoms with Crippen LogP contribution in [0.4, 0.5) is 5.69 Å². The molecule has 0 aliphatic carbocycles. The van der Waals surface area contributed by atoms with Crippen molar-refractivity contribution in [2.24, 2.45) is 5.73 Å². The second kappa shape index (κ2) is 5.77. The van der Waals surface area contributed by atoms with Crippen molar-refractivity contribution < 1.29 is 14.3 Å². The van der Waals surface area contributed by atoms with Crippen LogP contribution >= 0.6 is 15.9 Å². The van der Waals surface area contributed by atoms with Gasteiger partial charge < -0.3 is 20.9 Å². The van der Waals surface area contributed by atoms with Gasteiger partial charge in [-0.2, -0.15) is 0 Å². The number of nitrogens with two attached hydrogens (primary N) is 2. The van der Waals surface area contributed by atoms with E-state index in [0.29, 0.717) is 32.7 Å². The van der Waals surface area contributed by atoms with Gasteiger partial charge in [-0.1, -0.05) is 0 Å². The Morgan fingerprint density at radius 2 is 1.94 bits per heavy atom. The molecule has 1 rings (SSSR count). The van der Waals surface area contributed by atoms with Crippen LogP contribution in [-0.4, -0.2) is 20.2 Å². The molecule has 18 heavy (non-hydrogen) atoms. The molecule has 0 saturated carbocycles. The molecule has 0 spiro atoms. The van der Waals surface area contributed by atoms with Crippen LogP contribution < -0.4 is 16.2 Å². The molecule has 0 aromatic heterocycles. The highest BCUT2D eigenvalue weighted by Crippen LogP contribution is 2.35. The van der Waals surface area contributed by atoms with E-state index in [1.54, 1.807) is 13.0 Å². The van der Waals surface area contributed by atoms with Crippen molar-refractivity contribution in [2.45, 2.75) is 6.92 Å². The maximum Gasteiger partial charge on any atom is 0.338 e. The summed E-state index contributed by atoms with van der Waals surface area (Å²) in [5.41, 5.74) is 13.5. The Bertz CT molecular complexity index is 508. The number of nitrogen functional groups attached to an aromatic ring is 1. The molecule has 5 nitrogen and oxygen atoms in total. The lowest BCUT2D eigenvalue weighted by atomic mass is 10.1. The van der Waals surface area contributed by atoms with Crippen LogP contribution in [0.5, 0.6) is 5.75 Å². The Morgan fingerprint density at radius 1 is 1.33 bits per heavy atom. The highest BCUT2D eigenvalue weighted by molar-refractivity contribution is 9.15. The minimum absolute atomic E-state index is 0.344. The first kappa shape index (κ1) is 14.4. The smallest absolute Gasteiger partial charge is 0.338 e. The molecule has 6 heteroatoms. The monoisotopic (exact) mass is 314 g/mol. The average Bonchev–Trinajstić information content (AvgIpc) is 2.37. The van der Waals surface area contributed by atoms with Gasteiger partial charge in [0, 0.05) is 15.7 Å². The number of allylic oxidation sites excluding steroid dienone is 1.